The molecule has 6 heteroatoms. The molecule has 0 bridgehead atoms. The van der Waals surface area contributed by atoms with Crippen LogP contribution in [0.25, 0.3) is 0 Å². The molecule has 0 aliphatic carbocycles. The molecular weight excluding hydrogens is 354 g/mol. The van der Waals surface area contributed by atoms with Gasteiger partial charge >= 0.3 is 0 Å². The zero-order valence-electron chi connectivity index (χ0n) is 17.0. The van der Waals surface area contributed by atoms with Gasteiger partial charge in [0.25, 0.3) is 0 Å². The number of hydrogen-bond acceptors (Lipinski definition) is 4. The van der Waals surface area contributed by atoms with Gasteiger partial charge in [-0.25, -0.2) is 4.99 Å². The number of rotatable bonds is 9. The third-order valence-electron chi connectivity index (χ3n) is 3.91. The van der Waals surface area contributed by atoms with Crippen LogP contribution in [-0.2, 0) is 13.0 Å². The standard InChI is InChI=1S/C22H29N3O3/c1-6-7-17-12-16(13-20(26-4)21(17)27-5)14-24-22(23)25-18-8-10-19(11-9-18)28-15(2)3/h6,8-13,15H,1,7,14H2,2-5H3,(H3,23,24,25). The molecule has 0 aliphatic rings. The van der Waals surface area contributed by atoms with Gasteiger partial charge in [-0.3, -0.25) is 0 Å². The fraction of sp³-hybridized carbons (Fsp3) is 0.318. The Bertz CT molecular complexity index is 815. The number of nitrogens with one attached hydrogen (secondary N) is 1. The van der Waals surface area contributed by atoms with Crippen molar-refractivity contribution in [2.45, 2.75) is 32.9 Å². The summed E-state index contributed by atoms with van der Waals surface area (Å²) in [6.45, 7) is 8.19. The van der Waals surface area contributed by atoms with Gasteiger partial charge in [0.2, 0.25) is 0 Å². The summed E-state index contributed by atoms with van der Waals surface area (Å²) >= 11 is 0. The van der Waals surface area contributed by atoms with Crippen LogP contribution in [0, 0.1) is 0 Å². The van der Waals surface area contributed by atoms with Crippen LogP contribution in [0.2, 0.25) is 0 Å². The lowest BCUT2D eigenvalue weighted by atomic mass is 10.1. The molecular formula is C22H29N3O3. The molecule has 0 saturated heterocycles. The van der Waals surface area contributed by atoms with Gasteiger partial charge in [-0.1, -0.05) is 6.08 Å². The Labute approximate surface area is 167 Å². The van der Waals surface area contributed by atoms with Crippen LogP contribution in [-0.4, -0.2) is 26.3 Å². The first-order valence-corrected chi connectivity index (χ1v) is 9.15. The maximum Gasteiger partial charge on any atom is 0.193 e. The van der Waals surface area contributed by atoms with Gasteiger partial charge < -0.3 is 25.3 Å². The lowest BCUT2D eigenvalue weighted by Crippen LogP contribution is -2.22. The molecule has 0 amide bonds. The van der Waals surface area contributed by atoms with Crippen molar-refractivity contribution >= 4 is 11.6 Å². The summed E-state index contributed by atoms with van der Waals surface area (Å²) in [5, 5.41) is 3.08. The van der Waals surface area contributed by atoms with Crippen molar-refractivity contribution in [3.8, 4) is 17.2 Å². The molecule has 0 radical (unpaired) electrons. The predicted octanol–water partition coefficient (Wildman–Crippen LogP) is 4.15. The highest BCUT2D eigenvalue weighted by Crippen LogP contribution is 2.33. The molecule has 0 aromatic heterocycles. The van der Waals surface area contributed by atoms with Crippen molar-refractivity contribution in [1.82, 2.24) is 0 Å². The number of nitrogens with two attached hydrogens (primary N) is 1. The lowest BCUT2D eigenvalue weighted by Gasteiger charge is -2.14. The van der Waals surface area contributed by atoms with Crippen LogP contribution >= 0.6 is 0 Å². The third-order valence-corrected chi connectivity index (χ3v) is 3.91. The van der Waals surface area contributed by atoms with Crippen molar-refractivity contribution in [3.63, 3.8) is 0 Å². The Morgan fingerprint density at radius 1 is 1.18 bits per heavy atom. The SMILES string of the molecule is C=CCc1cc(CN=C(N)Nc2ccc(OC(C)C)cc2)cc(OC)c1OC. The number of hydrogen-bond donors (Lipinski definition) is 2. The Morgan fingerprint density at radius 3 is 2.46 bits per heavy atom. The topological polar surface area (TPSA) is 78.1 Å². The van der Waals surface area contributed by atoms with E-state index < -0.39 is 0 Å². The molecule has 0 heterocycles. The minimum atomic E-state index is 0.137. The number of nitrogens with zero attached hydrogens (tertiary/aromatic N) is 1. The predicted molar refractivity (Wildman–Crippen MR) is 115 cm³/mol. The molecule has 2 aromatic carbocycles. The summed E-state index contributed by atoms with van der Waals surface area (Å²) in [5.41, 5.74) is 8.84. The number of guanidine groups is 1. The minimum Gasteiger partial charge on any atom is -0.493 e. The normalized spacial score (nSPS) is 11.2. The molecule has 28 heavy (non-hydrogen) atoms. The van der Waals surface area contributed by atoms with E-state index in [1.54, 1.807) is 14.2 Å². The second-order valence-electron chi connectivity index (χ2n) is 6.50. The second-order valence-corrected chi connectivity index (χ2v) is 6.50. The molecule has 0 atom stereocenters. The molecule has 3 N–H and O–H groups in total. The fourth-order valence-electron chi connectivity index (χ4n) is 2.76. The van der Waals surface area contributed by atoms with E-state index in [9.17, 15) is 0 Å². The summed E-state index contributed by atoms with van der Waals surface area (Å²) in [5.74, 6) is 2.53. The number of methoxy groups -OCH3 is 2. The van der Waals surface area contributed by atoms with Crippen LogP contribution in [0.3, 0.4) is 0 Å². The largest absolute Gasteiger partial charge is 0.493 e. The summed E-state index contributed by atoms with van der Waals surface area (Å²) in [4.78, 5) is 4.42. The van der Waals surface area contributed by atoms with Gasteiger partial charge in [0.05, 0.1) is 26.9 Å². The first-order valence-electron chi connectivity index (χ1n) is 9.15. The van der Waals surface area contributed by atoms with Crippen LogP contribution in [0.5, 0.6) is 17.2 Å². The van der Waals surface area contributed by atoms with E-state index in [1.165, 1.54) is 0 Å². The molecule has 0 fully saturated rings. The second kappa shape index (κ2) is 10.3. The molecule has 2 aromatic rings. The zero-order valence-corrected chi connectivity index (χ0v) is 17.0. The summed E-state index contributed by atoms with van der Waals surface area (Å²) in [7, 11) is 3.24. The molecule has 0 spiro atoms. The summed E-state index contributed by atoms with van der Waals surface area (Å²) in [6, 6.07) is 11.5. The number of aliphatic imine (C=N–C) groups is 1. The number of anilines is 1. The molecule has 150 valence electrons. The minimum absolute atomic E-state index is 0.137. The number of benzene rings is 2. The van der Waals surface area contributed by atoms with Gasteiger partial charge in [0.1, 0.15) is 5.75 Å². The van der Waals surface area contributed by atoms with E-state index in [0.29, 0.717) is 30.4 Å². The smallest absolute Gasteiger partial charge is 0.193 e. The molecule has 0 unspecified atom stereocenters. The summed E-state index contributed by atoms with van der Waals surface area (Å²) < 4.78 is 16.5. The van der Waals surface area contributed by atoms with E-state index in [-0.39, 0.29) is 6.10 Å². The molecule has 0 saturated carbocycles. The average molecular weight is 383 g/mol. The van der Waals surface area contributed by atoms with Gasteiger partial charge in [-0.15, -0.1) is 6.58 Å². The number of ether oxygens (including phenoxy) is 3. The highest BCUT2D eigenvalue weighted by atomic mass is 16.5. The third kappa shape index (κ3) is 5.94. The molecule has 2 rings (SSSR count). The lowest BCUT2D eigenvalue weighted by molar-refractivity contribution is 0.242. The highest BCUT2D eigenvalue weighted by molar-refractivity contribution is 5.92. The fourth-order valence-corrected chi connectivity index (χ4v) is 2.76. The Kier molecular flexibility index (Phi) is 7.75. The van der Waals surface area contributed by atoms with E-state index in [1.807, 2.05) is 56.3 Å². The molecule has 6 nitrogen and oxygen atoms in total. The van der Waals surface area contributed by atoms with Crippen molar-refractivity contribution in [2.24, 2.45) is 10.7 Å². The van der Waals surface area contributed by atoms with Gasteiger partial charge in [0, 0.05) is 11.3 Å². The van der Waals surface area contributed by atoms with Gasteiger partial charge in [-0.05, 0) is 62.2 Å². The van der Waals surface area contributed by atoms with Crippen molar-refractivity contribution in [1.29, 1.82) is 0 Å². The quantitative estimate of drug-likeness (QED) is 0.386. The highest BCUT2D eigenvalue weighted by Gasteiger charge is 2.11. The van der Waals surface area contributed by atoms with Crippen molar-refractivity contribution < 1.29 is 14.2 Å². The van der Waals surface area contributed by atoms with E-state index in [0.717, 1.165) is 22.6 Å². The van der Waals surface area contributed by atoms with Crippen LogP contribution in [0.15, 0.2) is 54.0 Å². The van der Waals surface area contributed by atoms with E-state index >= 15 is 0 Å². The van der Waals surface area contributed by atoms with Crippen molar-refractivity contribution in [3.05, 3.63) is 60.2 Å². The average Bonchev–Trinajstić information content (AvgIpc) is 2.67. The summed E-state index contributed by atoms with van der Waals surface area (Å²) in [6.07, 6.45) is 2.64. The monoisotopic (exact) mass is 383 g/mol. The zero-order chi connectivity index (χ0) is 20.5. The van der Waals surface area contributed by atoms with E-state index in [2.05, 4.69) is 16.9 Å². The Morgan fingerprint density at radius 2 is 1.89 bits per heavy atom. The van der Waals surface area contributed by atoms with Crippen molar-refractivity contribution in [2.75, 3.05) is 19.5 Å². The van der Waals surface area contributed by atoms with Crippen LogP contribution < -0.4 is 25.3 Å². The molecule has 0 aliphatic heterocycles. The maximum atomic E-state index is 6.03. The first kappa shape index (κ1) is 21.2. The Hall–Kier alpha value is -3.15. The van der Waals surface area contributed by atoms with Gasteiger partial charge in [-0.2, -0.15) is 0 Å². The van der Waals surface area contributed by atoms with E-state index in [4.69, 9.17) is 19.9 Å². The van der Waals surface area contributed by atoms with Crippen LogP contribution in [0.1, 0.15) is 25.0 Å². The maximum absolute atomic E-state index is 6.03. The number of allylic oxidation sites excluding steroid dienone is 1. The van der Waals surface area contributed by atoms with Crippen LogP contribution in [0.4, 0.5) is 5.69 Å². The Balaban J connectivity index is 2.09. The van der Waals surface area contributed by atoms with Gasteiger partial charge in [0.15, 0.2) is 17.5 Å². The first-order chi connectivity index (χ1) is 13.5.